The van der Waals surface area contributed by atoms with Crippen LogP contribution >= 0.6 is 0 Å². The number of hydrogen-bond acceptors (Lipinski definition) is 3. The summed E-state index contributed by atoms with van der Waals surface area (Å²) >= 11 is 0. The number of likely N-dealkylation sites (N-methyl/N-ethyl adjacent to an activating group) is 1. The molecule has 1 rings (SSSR count). The molecule has 0 aliphatic rings. The molecule has 0 spiro atoms. The van der Waals surface area contributed by atoms with Crippen molar-refractivity contribution in [1.29, 1.82) is 0 Å². The predicted octanol–water partition coefficient (Wildman–Crippen LogP) is 0.644. The summed E-state index contributed by atoms with van der Waals surface area (Å²) in [5.41, 5.74) is 1.07. The lowest BCUT2D eigenvalue weighted by Crippen LogP contribution is -2.29. The van der Waals surface area contributed by atoms with Crippen molar-refractivity contribution in [1.82, 2.24) is 4.90 Å². The van der Waals surface area contributed by atoms with Crippen LogP contribution in [-0.2, 0) is 0 Å². The largest absolute Gasteiger partial charge is 0.395 e. The minimum absolute atomic E-state index is 0.0247. The molecule has 0 aliphatic carbocycles. The summed E-state index contributed by atoms with van der Waals surface area (Å²) in [6, 6.07) is 9.78. The fourth-order valence-electron chi connectivity index (χ4n) is 1.49. The second-order valence-corrected chi connectivity index (χ2v) is 3.31. The second-order valence-electron chi connectivity index (χ2n) is 3.31. The first kappa shape index (κ1) is 11.2. The molecule has 1 atom stereocenters. The molecule has 0 bridgehead atoms. The first-order chi connectivity index (χ1) is 6.79. The molecular formula is C11H17NO2. The average Bonchev–Trinajstić information content (AvgIpc) is 2.21. The standard InChI is InChI=1S/C11H17NO2/c1-12(7-8-13)11(9-14)10-5-3-2-4-6-10/h2-6,11,13-14H,7-9H2,1H3. The smallest absolute Gasteiger partial charge is 0.0628 e. The lowest BCUT2D eigenvalue weighted by atomic mass is 10.1. The van der Waals surface area contributed by atoms with Gasteiger partial charge in [-0.25, -0.2) is 0 Å². The predicted molar refractivity (Wildman–Crippen MR) is 56.0 cm³/mol. The van der Waals surface area contributed by atoms with E-state index in [0.29, 0.717) is 6.54 Å². The van der Waals surface area contributed by atoms with E-state index in [1.807, 2.05) is 42.3 Å². The molecule has 14 heavy (non-hydrogen) atoms. The topological polar surface area (TPSA) is 43.7 Å². The Labute approximate surface area is 84.6 Å². The Kier molecular flexibility index (Phi) is 4.59. The summed E-state index contributed by atoms with van der Waals surface area (Å²) in [6.07, 6.45) is 0. The normalized spacial score (nSPS) is 13.1. The molecule has 3 heteroatoms. The Morgan fingerprint density at radius 3 is 2.36 bits per heavy atom. The van der Waals surface area contributed by atoms with Crippen LogP contribution in [0.25, 0.3) is 0 Å². The second kappa shape index (κ2) is 5.75. The van der Waals surface area contributed by atoms with Crippen LogP contribution in [0.15, 0.2) is 30.3 Å². The molecule has 1 unspecified atom stereocenters. The van der Waals surface area contributed by atoms with Crippen LogP contribution < -0.4 is 0 Å². The zero-order chi connectivity index (χ0) is 10.4. The molecule has 0 radical (unpaired) electrons. The number of rotatable bonds is 5. The molecule has 0 saturated heterocycles. The first-order valence-electron chi connectivity index (χ1n) is 4.76. The van der Waals surface area contributed by atoms with Crippen molar-refractivity contribution in [3.05, 3.63) is 35.9 Å². The fourth-order valence-corrected chi connectivity index (χ4v) is 1.49. The monoisotopic (exact) mass is 195 g/mol. The summed E-state index contributed by atoms with van der Waals surface area (Å²) in [6.45, 7) is 0.750. The van der Waals surface area contributed by atoms with Gasteiger partial charge in [-0.3, -0.25) is 4.90 Å². The molecule has 1 aromatic carbocycles. The molecular weight excluding hydrogens is 178 g/mol. The fraction of sp³-hybridized carbons (Fsp3) is 0.455. The molecule has 2 N–H and O–H groups in total. The number of aliphatic hydroxyl groups is 2. The molecule has 3 nitrogen and oxygen atoms in total. The number of aliphatic hydroxyl groups excluding tert-OH is 2. The third-order valence-corrected chi connectivity index (χ3v) is 2.34. The SMILES string of the molecule is CN(CCO)C(CO)c1ccccc1. The van der Waals surface area contributed by atoms with Crippen LogP contribution in [0.5, 0.6) is 0 Å². The Hall–Kier alpha value is -0.900. The first-order valence-corrected chi connectivity index (χ1v) is 4.76. The summed E-state index contributed by atoms with van der Waals surface area (Å²) in [4.78, 5) is 1.94. The summed E-state index contributed by atoms with van der Waals surface area (Å²) in [5, 5.41) is 18.1. The lowest BCUT2D eigenvalue weighted by Gasteiger charge is -2.25. The van der Waals surface area contributed by atoms with Gasteiger partial charge in [0.25, 0.3) is 0 Å². The van der Waals surface area contributed by atoms with Crippen molar-refractivity contribution in [2.45, 2.75) is 6.04 Å². The van der Waals surface area contributed by atoms with Crippen LogP contribution in [0.1, 0.15) is 11.6 Å². The average molecular weight is 195 g/mol. The Balaban J connectivity index is 2.71. The van der Waals surface area contributed by atoms with E-state index in [2.05, 4.69) is 0 Å². The van der Waals surface area contributed by atoms with Crippen LogP contribution in [0, 0.1) is 0 Å². The molecule has 1 aromatic rings. The third kappa shape index (κ3) is 2.80. The van der Waals surface area contributed by atoms with E-state index in [4.69, 9.17) is 5.11 Å². The highest BCUT2D eigenvalue weighted by Gasteiger charge is 2.14. The van der Waals surface area contributed by atoms with Gasteiger partial charge in [-0.2, -0.15) is 0 Å². The van der Waals surface area contributed by atoms with E-state index < -0.39 is 0 Å². The molecule has 0 heterocycles. The number of nitrogens with zero attached hydrogens (tertiary/aromatic N) is 1. The zero-order valence-corrected chi connectivity index (χ0v) is 8.43. The van der Waals surface area contributed by atoms with Crippen LogP contribution in [-0.4, -0.2) is 41.9 Å². The van der Waals surface area contributed by atoms with Crippen molar-refractivity contribution in [2.75, 3.05) is 26.8 Å². The minimum atomic E-state index is -0.0247. The van der Waals surface area contributed by atoms with Gasteiger partial charge >= 0.3 is 0 Å². The maximum atomic E-state index is 9.25. The number of hydrogen-bond donors (Lipinski definition) is 2. The Bertz CT molecular complexity index is 251. The summed E-state index contributed by atoms with van der Waals surface area (Å²) in [7, 11) is 1.89. The van der Waals surface area contributed by atoms with E-state index in [9.17, 15) is 5.11 Å². The van der Waals surface area contributed by atoms with Crippen molar-refractivity contribution in [3.8, 4) is 0 Å². The van der Waals surface area contributed by atoms with Crippen molar-refractivity contribution in [2.24, 2.45) is 0 Å². The van der Waals surface area contributed by atoms with E-state index in [0.717, 1.165) is 5.56 Å². The Morgan fingerprint density at radius 1 is 1.21 bits per heavy atom. The van der Waals surface area contributed by atoms with Gasteiger partial charge in [0, 0.05) is 6.54 Å². The van der Waals surface area contributed by atoms with Gasteiger partial charge in [0.15, 0.2) is 0 Å². The third-order valence-electron chi connectivity index (χ3n) is 2.34. The van der Waals surface area contributed by atoms with Crippen LogP contribution in [0.3, 0.4) is 0 Å². The number of benzene rings is 1. The van der Waals surface area contributed by atoms with Crippen LogP contribution in [0.4, 0.5) is 0 Å². The zero-order valence-electron chi connectivity index (χ0n) is 8.43. The highest BCUT2D eigenvalue weighted by molar-refractivity contribution is 5.18. The van der Waals surface area contributed by atoms with Crippen molar-refractivity contribution >= 4 is 0 Å². The quantitative estimate of drug-likeness (QED) is 0.725. The van der Waals surface area contributed by atoms with E-state index in [-0.39, 0.29) is 19.3 Å². The van der Waals surface area contributed by atoms with Crippen LogP contribution in [0.2, 0.25) is 0 Å². The van der Waals surface area contributed by atoms with Gasteiger partial charge in [-0.05, 0) is 12.6 Å². The molecule has 78 valence electrons. The highest BCUT2D eigenvalue weighted by atomic mass is 16.3. The maximum Gasteiger partial charge on any atom is 0.0628 e. The minimum Gasteiger partial charge on any atom is -0.395 e. The van der Waals surface area contributed by atoms with E-state index in [1.165, 1.54) is 0 Å². The summed E-state index contributed by atoms with van der Waals surface area (Å²) in [5.74, 6) is 0. The summed E-state index contributed by atoms with van der Waals surface area (Å²) < 4.78 is 0. The van der Waals surface area contributed by atoms with E-state index >= 15 is 0 Å². The van der Waals surface area contributed by atoms with Gasteiger partial charge in [-0.15, -0.1) is 0 Å². The van der Waals surface area contributed by atoms with Gasteiger partial charge in [-0.1, -0.05) is 30.3 Å². The highest BCUT2D eigenvalue weighted by Crippen LogP contribution is 2.17. The maximum absolute atomic E-state index is 9.25. The Morgan fingerprint density at radius 2 is 1.86 bits per heavy atom. The molecule has 0 fully saturated rings. The molecule has 0 aromatic heterocycles. The van der Waals surface area contributed by atoms with Gasteiger partial charge < -0.3 is 10.2 Å². The van der Waals surface area contributed by atoms with Crippen molar-refractivity contribution < 1.29 is 10.2 Å². The molecule has 0 aliphatic heterocycles. The molecule has 0 amide bonds. The van der Waals surface area contributed by atoms with Gasteiger partial charge in [0.05, 0.1) is 19.3 Å². The van der Waals surface area contributed by atoms with Crippen molar-refractivity contribution in [3.63, 3.8) is 0 Å². The van der Waals surface area contributed by atoms with Gasteiger partial charge in [0.1, 0.15) is 0 Å². The van der Waals surface area contributed by atoms with Gasteiger partial charge in [0.2, 0.25) is 0 Å². The van der Waals surface area contributed by atoms with E-state index in [1.54, 1.807) is 0 Å². The molecule has 0 saturated carbocycles. The lowest BCUT2D eigenvalue weighted by molar-refractivity contribution is 0.125.